The van der Waals surface area contributed by atoms with Crippen LogP contribution in [0.5, 0.6) is 0 Å². The molecular formula is C17H22O7. The molecule has 2 heterocycles. The summed E-state index contributed by atoms with van der Waals surface area (Å²) in [6, 6.07) is 9.62. The molecule has 3 rings (SSSR count). The lowest BCUT2D eigenvalue weighted by Gasteiger charge is -2.47. The maximum absolute atomic E-state index is 11.4. The molecule has 0 aliphatic carbocycles. The van der Waals surface area contributed by atoms with Crippen LogP contribution in [-0.2, 0) is 33.2 Å². The van der Waals surface area contributed by atoms with Gasteiger partial charge >= 0.3 is 5.97 Å². The summed E-state index contributed by atoms with van der Waals surface area (Å²) < 4.78 is 33.9. The smallest absolute Gasteiger partial charge is 0.303 e. The molecule has 1 unspecified atom stereocenters. The van der Waals surface area contributed by atoms with E-state index in [0.29, 0.717) is 6.61 Å². The van der Waals surface area contributed by atoms with Gasteiger partial charge in [0.05, 0.1) is 6.61 Å². The molecule has 6 atom stereocenters. The van der Waals surface area contributed by atoms with Gasteiger partial charge in [-0.3, -0.25) is 4.79 Å². The van der Waals surface area contributed by atoms with Crippen molar-refractivity contribution in [3.05, 3.63) is 35.9 Å². The molecule has 2 fully saturated rings. The molecule has 1 aromatic carbocycles. The number of carbonyl (C=O) groups is 1. The monoisotopic (exact) mass is 338 g/mol. The molecule has 0 amide bonds. The minimum absolute atomic E-state index is 0.330. The number of rotatable bonds is 4. The molecule has 24 heavy (non-hydrogen) atoms. The van der Waals surface area contributed by atoms with E-state index in [4.69, 9.17) is 28.4 Å². The van der Waals surface area contributed by atoms with E-state index in [1.54, 1.807) is 7.11 Å². The molecule has 2 aliphatic heterocycles. The van der Waals surface area contributed by atoms with Crippen molar-refractivity contribution in [1.82, 2.24) is 0 Å². The summed E-state index contributed by atoms with van der Waals surface area (Å²) in [6.07, 6.45) is -3.30. The Hall–Kier alpha value is -1.51. The van der Waals surface area contributed by atoms with Gasteiger partial charge in [0.2, 0.25) is 0 Å². The highest BCUT2D eigenvalue weighted by atomic mass is 16.8. The number of benzene rings is 1. The summed E-state index contributed by atoms with van der Waals surface area (Å²) in [5.41, 5.74) is 0.906. The molecular weight excluding hydrogens is 316 g/mol. The number of esters is 1. The highest BCUT2D eigenvalue weighted by Crippen LogP contribution is 2.36. The maximum atomic E-state index is 11.4. The van der Waals surface area contributed by atoms with Gasteiger partial charge in [0, 0.05) is 26.7 Å². The highest BCUT2D eigenvalue weighted by Gasteiger charge is 2.52. The van der Waals surface area contributed by atoms with E-state index in [9.17, 15) is 4.79 Å². The van der Waals surface area contributed by atoms with Crippen LogP contribution in [0.15, 0.2) is 30.3 Å². The van der Waals surface area contributed by atoms with Crippen LogP contribution in [0, 0.1) is 0 Å². The van der Waals surface area contributed by atoms with Crippen molar-refractivity contribution in [2.24, 2.45) is 0 Å². The minimum atomic E-state index is -0.736. The number of fused-ring (bicyclic) bond motifs is 1. The van der Waals surface area contributed by atoms with Gasteiger partial charge in [0.1, 0.15) is 18.3 Å². The first kappa shape index (κ1) is 17.3. The summed E-state index contributed by atoms with van der Waals surface area (Å²) in [7, 11) is 3.04. The molecule has 7 nitrogen and oxygen atoms in total. The topological polar surface area (TPSA) is 72.5 Å². The van der Waals surface area contributed by atoms with E-state index in [2.05, 4.69) is 0 Å². The molecule has 0 bridgehead atoms. The van der Waals surface area contributed by atoms with Crippen LogP contribution in [0.25, 0.3) is 0 Å². The Kier molecular flexibility index (Phi) is 5.47. The van der Waals surface area contributed by atoms with Gasteiger partial charge in [-0.05, 0) is 0 Å². The molecule has 2 saturated heterocycles. The third-order valence-electron chi connectivity index (χ3n) is 4.16. The van der Waals surface area contributed by atoms with Crippen molar-refractivity contribution in [3.63, 3.8) is 0 Å². The van der Waals surface area contributed by atoms with Gasteiger partial charge in [0.25, 0.3) is 0 Å². The van der Waals surface area contributed by atoms with Gasteiger partial charge in [-0.2, -0.15) is 0 Å². The number of hydrogen-bond acceptors (Lipinski definition) is 7. The Balaban J connectivity index is 1.80. The third-order valence-corrected chi connectivity index (χ3v) is 4.16. The van der Waals surface area contributed by atoms with Crippen molar-refractivity contribution in [1.29, 1.82) is 0 Å². The predicted octanol–water partition coefficient (Wildman–Crippen LogP) is 1.42. The average Bonchev–Trinajstić information content (AvgIpc) is 2.61. The largest absolute Gasteiger partial charge is 0.454 e. The number of ether oxygens (including phenoxy) is 6. The highest BCUT2D eigenvalue weighted by molar-refractivity contribution is 5.66. The van der Waals surface area contributed by atoms with Gasteiger partial charge in [-0.1, -0.05) is 30.3 Å². The molecule has 0 saturated carbocycles. The fraction of sp³-hybridized carbons (Fsp3) is 0.588. The van der Waals surface area contributed by atoms with Crippen LogP contribution in [0.3, 0.4) is 0 Å². The maximum Gasteiger partial charge on any atom is 0.303 e. The standard InChI is InChI=1S/C17H22O7/c1-10(18)22-15-14(19-2)13-12(23-17(15)20-3)9-21-16(24-13)11-7-5-4-6-8-11/h4-8,12-17H,9H2,1-3H3/t12-,13-,14+,15+,16?,17+/m1/s1. The Morgan fingerprint density at radius 3 is 2.46 bits per heavy atom. The molecule has 132 valence electrons. The summed E-state index contributed by atoms with van der Waals surface area (Å²) in [4.78, 5) is 11.4. The Morgan fingerprint density at radius 2 is 1.83 bits per heavy atom. The Labute approximate surface area is 140 Å². The van der Waals surface area contributed by atoms with Crippen LogP contribution >= 0.6 is 0 Å². The second-order valence-electron chi connectivity index (χ2n) is 5.73. The summed E-state index contributed by atoms with van der Waals surface area (Å²) in [6.45, 7) is 1.67. The zero-order valence-corrected chi connectivity index (χ0v) is 13.9. The van der Waals surface area contributed by atoms with Crippen LogP contribution < -0.4 is 0 Å². The van der Waals surface area contributed by atoms with E-state index in [0.717, 1.165) is 5.56 Å². The number of methoxy groups -OCH3 is 2. The summed E-state index contributed by atoms with van der Waals surface area (Å²) in [5, 5.41) is 0. The van der Waals surface area contributed by atoms with Crippen LogP contribution in [0.2, 0.25) is 0 Å². The van der Waals surface area contributed by atoms with Crippen molar-refractivity contribution in [2.75, 3.05) is 20.8 Å². The number of carbonyl (C=O) groups excluding carboxylic acids is 1. The summed E-state index contributed by atoms with van der Waals surface area (Å²) in [5.74, 6) is -0.433. The van der Waals surface area contributed by atoms with Crippen molar-refractivity contribution in [2.45, 2.75) is 43.9 Å². The van der Waals surface area contributed by atoms with E-state index in [1.807, 2.05) is 30.3 Å². The lowest BCUT2D eigenvalue weighted by Crippen LogP contribution is -2.63. The van der Waals surface area contributed by atoms with E-state index in [-0.39, 0.29) is 6.10 Å². The second-order valence-corrected chi connectivity index (χ2v) is 5.73. The molecule has 1 aromatic rings. The second kappa shape index (κ2) is 7.58. The van der Waals surface area contributed by atoms with E-state index < -0.39 is 36.9 Å². The SMILES string of the molecule is CO[C@H]1O[C@@H]2COC(c3ccccc3)O[C@H]2[C@H](OC)[C@@H]1OC(C)=O. The Bertz CT molecular complexity index is 549. The van der Waals surface area contributed by atoms with Crippen molar-refractivity contribution in [3.8, 4) is 0 Å². The zero-order chi connectivity index (χ0) is 17.1. The van der Waals surface area contributed by atoms with Gasteiger partial charge in [-0.15, -0.1) is 0 Å². The van der Waals surface area contributed by atoms with Crippen molar-refractivity contribution < 1.29 is 33.2 Å². The third kappa shape index (κ3) is 3.45. The van der Waals surface area contributed by atoms with Gasteiger partial charge in [-0.25, -0.2) is 0 Å². The van der Waals surface area contributed by atoms with E-state index in [1.165, 1.54) is 14.0 Å². The average molecular weight is 338 g/mol. The Morgan fingerprint density at radius 1 is 1.08 bits per heavy atom. The molecule has 0 spiro atoms. The van der Waals surface area contributed by atoms with Crippen LogP contribution in [-0.4, -0.2) is 57.5 Å². The molecule has 0 radical (unpaired) electrons. The first-order valence-corrected chi connectivity index (χ1v) is 7.84. The molecule has 7 heteroatoms. The number of hydrogen-bond donors (Lipinski definition) is 0. The van der Waals surface area contributed by atoms with Gasteiger partial charge < -0.3 is 28.4 Å². The molecule has 2 aliphatic rings. The first-order valence-electron chi connectivity index (χ1n) is 7.84. The fourth-order valence-corrected chi connectivity index (χ4v) is 3.10. The predicted molar refractivity (Wildman–Crippen MR) is 82.0 cm³/mol. The molecule has 0 aromatic heterocycles. The first-order chi connectivity index (χ1) is 11.6. The van der Waals surface area contributed by atoms with Crippen LogP contribution in [0.1, 0.15) is 18.8 Å². The molecule has 0 N–H and O–H groups in total. The van der Waals surface area contributed by atoms with Crippen molar-refractivity contribution >= 4 is 5.97 Å². The lowest BCUT2D eigenvalue weighted by molar-refractivity contribution is -0.361. The van der Waals surface area contributed by atoms with E-state index >= 15 is 0 Å². The quantitative estimate of drug-likeness (QED) is 0.769. The fourth-order valence-electron chi connectivity index (χ4n) is 3.10. The zero-order valence-electron chi connectivity index (χ0n) is 13.9. The normalized spacial score (nSPS) is 36.0. The lowest BCUT2D eigenvalue weighted by atomic mass is 9.97. The minimum Gasteiger partial charge on any atom is -0.454 e. The summed E-state index contributed by atoms with van der Waals surface area (Å²) >= 11 is 0. The van der Waals surface area contributed by atoms with Gasteiger partial charge in [0.15, 0.2) is 18.7 Å². The van der Waals surface area contributed by atoms with Crippen LogP contribution in [0.4, 0.5) is 0 Å².